The first kappa shape index (κ1) is 18.6. The van der Waals surface area contributed by atoms with E-state index >= 15 is 0 Å². The number of methoxy groups -OCH3 is 1. The van der Waals surface area contributed by atoms with Gasteiger partial charge in [-0.05, 0) is 43.7 Å². The zero-order valence-corrected chi connectivity index (χ0v) is 15.0. The number of anilines is 1. The van der Waals surface area contributed by atoms with Gasteiger partial charge in [0.05, 0.1) is 26.0 Å². The molecule has 0 unspecified atom stereocenters. The van der Waals surface area contributed by atoms with Crippen LogP contribution in [-0.4, -0.2) is 26.2 Å². The van der Waals surface area contributed by atoms with Crippen molar-refractivity contribution in [2.24, 2.45) is 0 Å². The number of benzene rings is 2. The minimum absolute atomic E-state index is 0.231. The van der Waals surface area contributed by atoms with Crippen molar-refractivity contribution in [2.75, 3.05) is 25.6 Å². The third kappa shape index (κ3) is 5.14. The zero-order valence-electron chi connectivity index (χ0n) is 15.0. The van der Waals surface area contributed by atoms with E-state index in [0.29, 0.717) is 41.7 Å². The monoisotopic (exact) mass is 343 g/mol. The summed E-state index contributed by atoms with van der Waals surface area (Å²) in [5.41, 5.74) is 1.12. The van der Waals surface area contributed by atoms with Crippen molar-refractivity contribution in [2.45, 2.75) is 26.7 Å². The molecule has 0 saturated heterocycles. The van der Waals surface area contributed by atoms with Crippen LogP contribution in [0, 0.1) is 0 Å². The summed E-state index contributed by atoms with van der Waals surface area (Å²) in [6.07, 6.45) is 2.03. The average molecular weight is 343 g/mol. The Morgan fingerprint density at radius 1 is 1.00 bits per heavy atom. The molecule has 0 fully saturated rings. The summed E-state index contributed by atoms with van der Waals surface area (Å²) < 4.78 is 16.6. The second-order valence-electron chi connectivity index (χ2n) is 5.45. The van der Waals surface area contributed by atoms with Gasteiger partial charge < -0.3 is 19.5 Å². The van der Waals surface area contributed by atoms with E-state index in [4.69, 9.17) is 14.2 Å². The highest BCUT2D eigenvalue weighted by molar-refractivity contribution is 6.05. The molecule has 0 atom stereocenters. The number of hydrogen-bond donors (Lipinski definition) is 1. The molecule has 5 nitrogen and oxygen atoms in total. The molecule has 1 N–H and O–H groups in total. The lowest BCUT2D eigenvalue weighted by atomic mass is 10.1. The fourth-order valence-electron chi connectivity index (χ4n) is 2.31. The van der Waals surface area contributed by atoms with Gasteiger partial charge in [-0.3, -0.25) is 4.79 Å². The Labute approximate surface area is 148 Å². The molecule has 0 aliphatic rings. The number of amides is 1. The molecule has 2 rings (SSSR count). The van der Waals surface area contributed by atoms with Crippen LogP contribution < -0.4 is 19.5 Å². The first-order valence-electron chi connectivity index (χ1n) is 8.53. The lowest BCUT2D eigenvalue weighted by molar-refractivity contribution is 0.102. The van der Waals surface area contributed by atoms with E-state index in [2.05, 4.69) is 12.2 Å². The second-order valence-corrected chi connectivity index (χ2v) is 5.45. The summed E-state index contributed by atoms with van der Waals surface area (Å²) in [7, 11) is 1.57. The van der Waals surface area contributed by atoms with Gasteiger partial charge in [-0.2, -0.15) is 0 Å². The van der Waals surface area contributed by atoms with Crippen molar-refractivity contribution in [3.8, 4) is 17.2 Å². The number of rotatable bonds is 9. The molecule has 5 heteroatoms. The smallest absolute Gasteiger partial charge is 0.255 e. The van der Waals surface area contributed by atoms with Crippen LogP contribution in [0.2, 0.25) is 0 Å². The van der Waals surface area contributed by atoms with E-state index in [0.717, 1.165) is 12.8 Å². The maximum Gasteiger partial charge on any atom is 0.255 e. The highest BCUT2D eigenvalue weighted by atomic mass is 16.5. The van der Waals surface area contributed by atoms with Crippen molar-refractivity contribution in [3.63, 3.8) is 0 Å². The maximum absolute atomic E-state index is 12.5. The Morgan fingerprint density at radius 2 is 1.80 bits per heavy atom. The summed E-state index contributed by atoms with van der Waals surface area (Å²) in [4.78, 5) is 12.5. The number of carbonyl (C=O) groups excluding carboxylic acids is 1. The second kappa shape index (κ2) is 9.57. The molecule has 0 heterocycles. The maximum atomic E-state index is 12.5. The molecule has 0 aliphatic heterocycles. The lowest BCUT2D eigenvalue weighted by Gasteiger charge is -2.14. The Kier molecular flexibility index (Phi) is 7.14. The number of carbonyl (C=O) groups is 1. The lowest BCUT2D eigenvalue weighted by Crippen LogP contribution is -2.13. The van der Waals surface area contributed by atoms with E-state index in [1.165, 1.54) is 0 Å². The number of para-hydroxylation sites is 2. The largest absolute Gasteiger partial charge is 0.495 e. The third-order valence-corrected chi connectivity index (χ3v) is 3.62. The van der Waals surface area contributed by atoms with Crippen LogP contribution in [0.5, 0.6) is 17.2 Å². The molecule has 0 spiro atoms. The average Bonchev–Trinajstić information content (AvgIpc) is 2.63. The molecule has 2 aromatic rings. The predicted molar refractivity (Wildman–Crippen MR) is 99.0 cm³/mol. The van der Waals surface area contributed by atoms with Gasteiger partial charge >= 0.3 is 0 Å². The van der Waals surface area contributed by atoms with Gasteiger partial charge in [0.25, 0.3) is 5.91 Å². The van der Waals surface area contributed by atoms with E-state index in [9.17, 15) is 4.79 Å². The molecular weight excluding hydrogens is 318 g/mol. The Balaban J connectivity index is 2.17. The third-order valence-electron chi connectivity index (χ3n) is 3.62. The van der Waals surface area contributed by atoms with E-state index in [1.807, 2.05) is 19.1 Å². The van der Waals surface area contributed by atoms with Crippen LogP contribution in [0.4, 0.5) is 5.69 Å². The van der Waals surface area contributed by atoms with Crippen LogP contribution >= 0.6 is 0 Å². The molecule has 0 bridgehead atoms. The van der Waals surface area contributed by atoms with Gasteiger partial charge in [0.2, 0.25) is 0 Å². The van der Waals surface area contributed by atoms with Gasteiger partial charge in [-0.1, -0.05) is 25.5 Å². The topological polar surface area (TPSA) is 56.8 Å². The predicted octanol–water partition coefficient (Wildman–Crippen LogP) is 4.53. The molecule has 1 amide bonds. The first-order chi connectivity index (χ1) is 12.2. The van der Waals surface area contributed by atoms with Gasteiger partial charge in [-0.25, -0.2) is 0 Å². The van der Waals surface area contributed by atoms with Crippen LogP contribution in [0.15, 0.2) is 42.5 Å². The summed E-state index contributed by atoms with van der Waals surface area (Å²) >= 11 is 0. The Morgan fingerprint density at radius 3 is 2.52 bits per heavy atom. The molecule has 0 radical (unpaired) electrons. The molecule has 25 heavy (non-hydrogen) atoms. The minimum Gasteiger partial charge on any atom is -0.495 e. The number of nitrogens with one attached hydrogen (secondary N) is 1. The summed E-state index contributed by atoms with van der Waals surface area (Å²) in [5, 5.41) is 2.86. The minimum atomic E-state index is -0.231. The normalized spacial score (nSPS) is 10.2. The van der Waals surface area contributed by atoms with Crippen molar-refractivity contribution in [1.29, 1.82) is 0 Å². The van der Waals surface area contributed by atoms with Gasteiger partial charge in [-0.15, -0.1) is 0 Å². The SMILES string of the molecule is CCCCOc1ccc(C(=O)Nc2ccccc2OC)cc1OCC. The molecular formula is C20H25NO4. The van der Waals surface area contributed by atoms with Crippen LogP contribution in [-0.2, 0) is 0 Å². The van der Waals surface area contributed by atoms with E-state index in [1.54, 1.807) is 37.4 Å². The number of hydrogen-bond acceptors (Lipinski definition) is 4. The summed E-state index contributed by atoms with van der Waals surface area (Å²) in [5.74, 6) is 1.61. The molecule has 0 saturated carbocycles. The van der Waals surface area contributed by atoms with Crippen molar-refractivity contribution in [3.05, 3.63) is 48.0 Å². The quantitative estimate of drug-likeness (QED) is 0.680. The molecule has 2 aromatic carbocycles. The van der Waals surface area contributed by atoms with Gasteiger partial charge in [0.15, 0.2) is 11.5 Å². The van der Waals surface area contributed by atoms with E-state index in [-0.39, 0.29) is 5.91 Å². The number of unbranched alkanes of at least 4 members (excludes halogenated alkanes) is 1. The van der Waals surface area contributed by atoms with Crippen LogP contribution in [0.3, 0.4) is 0 Å². The number of ether oxygens (including phenoxy) is 3. The van der Waals surface area contributed by atoms with Gasteiger partial charge in [0.1, 0.15) is 5.75 Å². The Hall–Kier alpha value is -2.69. The van der Waals surface area contributed by atoms with Crippen LogP contribution in [0.1, 0.15) is 37.0 Å². The molecule has 134 valence electrons. The first-order valence-corrected chi connectivity index (χ1v) is 8.53. The fourth-order valence-corrected chi connectivity index (χ4v) is 2.31. The summed E-state index contributed by atoms with van der Waals surface area (Å²) in [6.45, 7) is 5.14. The highest BCUT2D eigenvalue weighted by Gasteiger charge is 2.13. The fraction of sp³-hybridized carbons (Fsp3) is 0.350. The Bertz CT molecular complexity index is 700. The van der Waals surface area contributed by atoms with Gasteiger partial charge in [0, 0.05) is 5.56 Å². The standard InChI is InChI=1S/C20H25NO4/c1-4-6-13-25-18-12-11-15(14-19(18)24-5-2)20(22)21-16-9-7-8-10-17(16)23-3/h7-12,14H,4-6,13H2,1-3H3,(H,21,22). The molecule has 0 aromatic heterocycles. The zero-order chi connectivity index (χ0) is 18.1. The van der Waals surface area contributed by atoms with Crippen molar-refractivity contribution >= 4 is 11.6 Å². The van der Waals surface area contributed by atoms with Crippen molar-refractivity contribution in [1.82, 2.24) is 0 Å². The van der Waals surface area contributed by atoms with Crippen LogP contribution in [0.25, 0.3) is 0 Å². The van der Waals surface area contributed by atoms with Crippen molar-refractivity contribution < 1.29 is 19.0 Å². The van der Waals surface area contributed by atoms with E-state index < -0.39 is 0 Å². The molecule has 0 aliphatic carbocycles. The summed E-state index contributed by atoms with van der Waals surface area (Å²) in [6, 6.07) is 12.5. The highest BCUT2D eigenvalue weighted by Crippen LogP contribution is 2.30.